The maximum atomic E-state index is 15.0. The van der Waals surface area contributed by atoms with Gasteiger partial charge in [0.05, 0.1) is 6.10 Å². The number of sulfone groups is 1. The summed E-state index contributed by atoms with van der Waals surface area (Å²) in [5.74, 6) is -6.81. The van der Waals surface area contributed by atoms with Crippen LogP contribution >= 0.6 is 0 Å². The zero-order chi connectivity index (χ0) is 37.4. The topological polar surface area (TPSA) is 246 Å². The summed E-state index contributed by atoms with van der Waals surface area (Å²) in [5.41, 5.74) is -2.39. The Balaban J connectivity index is 2.94. The Hall–Kier alpha value is -3.88. The molecule has 0 amide bonds. The zero-order valence-corrected chi connectivity index (χ0v) is 29.2. The van der Waals surface area contributed by atoms with Gasteiger partial charge in [0.2, 0.25) is 0 Å². The summed E-state index contributed by atoms with van der Waals surface area (Å²) in [6, 6.07) is 0. The van der Waals surface area contributed by atoms with E-state index in [2.05, 4.69) is 0 Å². The fourth-order valence-corrected chi connectivity index (χ4v) is 7.58. The van der Waals surface area contributed by atoms with Crippen LogP contribution in [-0.2, 0) is 90.8 Å². The summed E-state index contributed by atoms with van der Waals surface area (Å²) >= 11 is 0. The number of rotatable bonds is 13. The summed E-state index contributed by atoms with van der Waals surface area (Å²) in [6.07, 6.45) is -15.1. The second kappa shape index (κ2) is 17.7. The predicted octanol–water partition coefficient (Wildman–Crippen LogP) is -0.571. The molecule has 0 unspecified atom stereocenters. The van der Waals surface area contributed by atoms with E-state index in [1.54, 1.807) is 13.8 Å². The molecule has 0 saturated carbocycles. The Bertz CT molecular complexity index is 1360. The Morgan fingerprint density at radius 2 is 0.918 bits per heavy atom. The summed E-state index contributed by atoms with van der Waals surface area (Å²) in [5, 5.41) is -2.18. The molecule has 2 saturated heterocycles. The van der Waals surface area contributed by atoms with Gasteiger partial charge in [-0.1, -0.05) is 0 Å². The lowest BCUT2D eigenvalue weighted by Crippen LogP contribution is -2.69. The van der Waals surface area contributed by atoms with Gasteiger partial charge in [-0.2, -0.15) is 0 Å². The standard InChI is InChI=1S/C29H42O19S/c1-12(2)41-28-26(46-19(9)36)27(23(43-16(6)33)21(47-28)11-40-14(4)31)49(37,38)29-25(45-18(8)35)24(44-17(7)34)22(42-15(5)32)20(48-29)10-39-13(3)30/h12,20-29H,10-11H2,1-9H3/t20-,21-,22-,23+,24+,25-,26-,27-,28+,29+/m1/s1. The van der Waals surface area contributed by atoms with Crippen molar-refractivity contribution in [3.8, 4) is 0 Å². The van der Waals surface area contributed by atoms with E-state index in [0.717, 1.165) is 48.5 Å². The third-order valence-corrected chi connectivity index (χ3v) is 9.03. The van der Waals surface area contributed by atoms with Crippen molar-refractivity contribution in [3.05, 3.63) is 0 Å². The molecule has 0 radical (unpaired) electrons. The van der Waals surface area contributed by atoms with E-state index in [9.17, 15) is 33.6 Å². The lowest BCUT2D eigenvalue weighted by molar-refractivity contribution is -0.284. The maximum Gasteiger partial charge on any atom is 0.303 e. The molecule has 0 aromatic carbocycles. The largest absolute Gasteiger partial charge is 0.463 e. The highest BCUT2D eigenvalue weighted by molar-refractivity contribution is 7.92. The molecular formula is C29H42O19S. The Labute approximate surface area is 282 Å². The van der Waals surface area contributed by atoms with Crippen LogP contribution in [0.4, 0.5) is 0 Å². The minimum Gasteiger partial charge on any atom is -0.463 e. The molecule has 10 atom stereocenters. The summed E-state index contributed by atoms with van der Waals surface area (Å²) < 4.78 is 84.4. The van der Waals surface area contributed by atoms with Gasteiger partial charge in [-0.15, -0.1) is 0 Å². The molecule has 2 heterocycles. The van der Waals surface area contributed by atoms with Gasteiger partial charge < -0.3 is 47.4 Å². The first-order valence-corrected chi connectivity index (χ1v) is 16.6. The molecule has 278 valence electrons. The van der Waals surface area contributed by atoms with Crippen LogP contribution in [0.15, 0.2) is 0 Å². The van der Waals surface area contributed by atoms with Crippen LogP contribution in [0.5, 0.6) is 0 Å². The number of hydrogen-bond acceptors (Lipinski definition) is 19. The SMILES string of the molecule is CC(=O)OC[C@H]1O[C@H](OC(C)C)[C@H](OC(C)=O)[C@H](S(=O)(=O)[C@@H]2O[C@H](COC(C)=O)[C@@H](OC(C)=O)[C@H](OC(C)=O)[C@H]2OC(C)=O)[C@H]1OC(C)=O. The van der Waals surface area contributed by atoms with Crippen molar-refractivity contribution in [2.24, 2.45) is 0 Å². The lowest BCUT2D eigenvalue weighted by atomic mass is 9.99. The molecule has 2 rings (SSSR count). The number of ether oxygens (including phenoxy) is 10. The molecule has 20 heteroatoms. The summed E-state index contributed by atoms with van der Waals surface area (Å²) in [7, 11) is -5.23. The third kappa shape index (κ3) is 11.6. The van der Waals surface area contributed by atoms with Crippen LogP contribution in [0.2, 0.25) is 0 Å². The second-order valence-electron chi connectivity index (χ2n) is 11.3. The van der Waals surface area contributed by atoms with E-state index in [0.29, 0.717) is 0 Å². The summed E-state index contributed by atoms with van der Waals surface area (Å²) in [6.45, 7) is 8.46. The Morgan fingerprint density at radius 3 is 1.35 bits per heavy atom. The molecule has 0 spiro atoms. The molecule has 19 nitrogen and oxygen atoms in total. The van der Waals surface area contributed by atoms with Crippen LogP contribution in [0, 0.1) is 0 Å². The molecule has 49 heavy (non-hydrogen) atoms. The minimum atomic E-state index is -5.23. The fraction of sp³-hybridized carbons (Fsp3) is 0.759. The molecule has 0 aromatic heterocycles. The maximum absolute atomic E-state index is 15.0. The molecule has 2 aliphatic heterocycles. The van der Waals surface area contributed by atoms with Gasteiger partial charge in [0.25, 0.3) is 0 Å². The normalized spacial score (nSPS) is 29.9. The van der Waals surface area contributed by atoms with Crippen LogP contribution in [0.25, 0.3) is 0 Å². The van der Waals surface area contributed by atoms with Gasteiger partial charge in [0, 0.05) is 48.5 Å². The summed E-state index contributed by atoms with van der Waals surface area (Å²) in [4.78, 5) is 85.1. The van der Waals surface area contributed by atoms with Crippen LogP contribution in [0.1, 0.15) is 62.3 Å². The van der Waals surface area contributed by atoms with Gasteiger partial charge in [0.15, 0.2) is 52.1 Å². The molecule has 0 bridgehead atoms. The molecule has 0 N–H and O–H groups in total. The van der Waals surface area contributed by atoms with Crippen molar-refractivity contribution in [1.82, 2.24) is 0 Å². The van der Waals surface area contributed by atoms with Crippen molar-refractivity contribution in [2.75, 3.05) is 13.2 Å². The van der Waals surface area contributed by atoms with Crippen LogP contribution in [-0.4, -0.2) is 129 Å². The average molecular weight is 727 g/mol. The van der Waals surface area contributed by atoms with E-state index < -0.39 is 131 Å². The highest BCUT2D eigenvalue weighted by Gasteiger charge is 2.64. The predicted molar refractivity (Wildman–Crippen MR) is 157 cm³/mol. The van der Waals surface area contributed by atoms with Gasteiger partial charge in [0.1, 0.15) is 30.7 Å². The van der Waals surface area contributed by atoms with Crippen molar-refractivity contribution in [3.63, 3.8) is 0 Å². The van der Waals surface area contributed by atoms with E-state index in [-0.39, 0.29) is 0 Å². The first kappa shape index (κ1) is 41.3. The van der Waals surface area contributed by atoms with Crippen molar-refractivity contribution >= 4 is 51.6 Å². The number of carbonyl (C=O) groups is 7. The van der Waals surface area contributed by atoms with Crippen molar-refractivity contribution in [2.45, 2.75) is 128 Å². The van der Waals surface area contributed by atoms with E-state index in [4.69, 9.17) is 47.4 Å². The quantitative estimate of drug-likeness (QED) is 0.170. The van der Waals surface area contributed by atoms with Gasteiger partial charge in [-0.3, -0.25) is 33.6 Å². The number of hydrogen-bond donors (Lipinski definition) is 0. The monoisotopic (exact) mass is 726 g/mol. The molecule has 0 aromatic rings. The number of esters is 7. The van der Waals surface area contributed by atoms with E-state index in [1.807, 2.05) is 0 Å². The number of carbonyl (C=O) groups excluding carboxylic acids is 7. The molecule has 2 aliphatic rings. The lowest BCUT2D eigenvalue weighted by Gasteiger charge is -2.48. The van der Waals surface area contributed by atoms with Crippen LogP contribution < -0.4 is 0 Å². The highest BCUT2D eigenvalue weighted by Crippen LogP contribution is 2.39. The highest BCUT2D eigenvalue weighted by atomic mass is 32.2. The first-order chi connectivity index (χ1) is 22.6. The average Bonchev–Trinajstić information content (AvgIpc) is 2.92. The van der Waals surface area contributed by atoms with E-state index >= 15 is 8.42 Å². The molecular weight excluding hydrogens is 684 g/mol. The fourth-order valence-electron chi connectivity index (χ4n) is 5.22. The molecule has 0 aliphatic carbocycles. The second-order valence-corrected chi connectivity index (χ2v) is 13.5. The Kier molecular flexibility index (Phi) is 14.9. The van der Waals surface area contributed by atoms with Crippen LogP contribution in [0.3, 0.4) is 0 Å². The van der Waals surface area contributed by atoms with Gasteiger partial charge >= 0.3 is 41.8 Å². The van der Waals surface area contributed by atoms with Crippen molar-refractivity contribution in [1.29, 1.82) is 0 Å². The minimum absolute atomic E-state index is 0.678. The third-order valence-electron chi connectivity index (χ3n) is 6.70. The zero-order valence-electron chi connectivity index (χ0n) is 28.4. The van der Waals surface area contributed by atoms with Crippen molar-refractivity contribution < 1.29 is 89.3 Å². The first-order valence-electron chi connectivity index (χ1n) is 15.0. The Morgan fingerprint density at radius 1 is 0.531 bits per heavy atom. The molecule has 2 fully saturated rings. The van der Waals surface area contributed by atoms with Gasteiger partial charge in [-0.05, 0) is 13.8 Å². The van der Waals surface area contributed by atoms with Gasteiger partial charge in [-0.25, -0.2) is 8.42 Å². The smallest absolute Gasteiger partial charge is 0.303 e. The van der Waals surface area contributed by atoms with E-state index in [1.165, 1.54) is 0 Å².